The number of phenolic OH excluding ortho intramolecular Hbond substituents is 1. The van der Waals surface area contributed by atoms with E-state index in [-0.39, 0.29) is 11.2 Å². The molecule has 7 rings (SSSR count). The van der Waals surface area contributed by atoms with Crippen molar-refractivity contribution in [1.29, 1.82) is 0 Å². The van der Waals surface area contributed by atoms with Crippen LogP contribution in [-0.4, -0.2) is 20.4 Å². The highest BCUT2D eigenvalue weighted by Crippen LogP contribution is 2.42. The van der Waals surface area contributed by atoms with Gasteiger partial charge in [0.2, 0.25) is 6.23 Å². The van der Waals surface area contributed by atoms with Gasteiger partial charge in [-0.1, -0.05) is 122 Å². The van der Waals surface area contributed by atoms with Crippen LogP contribution in [0.2, 0.25) is 0 Å². The number of oxime groups is 1. The number of benzene rings is 5. The van der Waals surface area contributed by atoms with E-state index in [9.17, 15) is 5.11 Å². The third-order valence-corrected chi connectivity index (χ3v) is 8.37. The minimum atomic E-state index is -0.426. The number of nitrogens with zero attached hydrogens (tertiary/aromatic N) is 3. The number of hydrogen-bond acceptors (Lipinski definition) is 4. The molecule has 1 aliphatic rings. The number of aromatic hydroxyl groups is 1. The van der Waals surface area contributed by atoms with Gasteiger partial charge < -0.3 is 19.4 Å². The van der Waals surface area contributed by atoms with Gasteiger partial charge in [-0.25, -0.2) is 0 Å². The van der Waals surface area contributed by atoms with E-state index < -0.39 is 6.23 Å². The lowest BCUT2D eigenvalue weighted by molar-refractivity contribution is 0.00582. The number of aryl methyl sites for hydroxylation is 1. The number of hydrogen-bond donors (Lipinski definition) is 1. The number of para-hydroxylation sites is 2. The number of phenols is 1. The van der Waals surface area contributed by atoms with E-state index in [1.54, 1.807) is 0 Å². The molecular weight excluding hydrogens is 530 g/mol. The molecule has 214 valence electrons. The predicted molar refractivity (Wildman–Crippen MR) is 175 cm³/mol. The van der Waals surface area contributed by atoms with Crippen molar-refractivity contribution < 1.29 is 9.94 Å². The summed E-state index contributed by atoms with van der Waals surface area (Å²) in [7, 11) is 0. The Morgan fingerprint density at radius 2 is 1.37 bits per heavy atom. The Balaban J connectivity index is 1.45. The van der Waals surface area contributed by atoms with Gasteiger partial charge in [-0.15, -0.1) is 0 Å². The van der Waals surface area contributed by atoms with Gasteiger partial charge in [0.1, 0.15) is 0 Å². The summed E-state index contributed by atoms with van der Waals surface area (Å²) in [4.78, 5) is 8.33. The largest absolute Gasteiger partial charge is 0.505 e. The predicted octanol–water partition coefficient (Wildman–Crippen LogP) is 8.99. The number of amidine groups is 1. The summed E-state index contributed by atoms with van der Waals surface area (Å²) < 4.78 is 2.17. The molecule has 0 amide bonds. The van der Waals surface area contributed by atoms with Crippen LogP contribution in [0.4, 0.5) is 0 Å². The Labute approximate surface area is 252 Å². The summed E-state index contributed by atoms with van der Waals surface area (Å²) in [6.45, 7) is 9.24. The van der Waals surface area contributed by atoms with Crippen molar-refractivity contribution in [3.63, 3.8) is 0 Å². The molecule has 5 aromatic carbocycles. The molecule has 0 spiro atoms. The zero-order valence-electron chi connectivity index (χ0n) is 25.0. The first-order chi connectivity index (χ1) is 20.8. The third kappa shape index (κ3) is 4.71. The van der Waals surface area contributed by atoms with E-state index in [1.807, 2.05) is 30.3 Å². The Bertz CT molecular complexity index is 1930. The molecule has 1 aliphatic heterocycles. The minimum absolute atomic E-state index is 0.171. The molecule has 43 heavy (non-hydrogen) atoms. The van der Waals surface area contributed by atoms with Crippen LogP contribution < -0.4 is 0 Å². The van der Waals surface area contributed by atoms with E-state index in [2.05, 4.69) is 127 Å². The highest BCUT2D eigenvalue weighted by atomic mass is 16.7. The van der Waals surface area contributed by atoms with Gasteiger partial charge in [-0.3, -0.25) is 0 Å². The van der Waals surface area contributed by atoms with Gasteiger partial charge in [0.05, 0.1) is 22.3 Å². The van der Waals surface area contributed by atoms with E-state index in [1.165, 1.54) is 5.56 Å². The molecule has 1 N–H and O–H groups in total. The number of fused-ring (bicyclic) bond motifs is 3. The Morgan fingerprint density at radius 1 is 0.767 bits per heavy atom. The van der Waals surface area contributed by atoms with Crippen molar-refractivity contribution in [2.45, 2.75) is 45.9 Å². The summed E-state index contributed by atoms with van der Waals surface area (Å²) in [6.07, 6.45) is -0.426. The molecule has 0 fully saturated rings. The van der Waals surface area contributed by atoms with E-state index >= 15 is 0 Å². The van der Waals surface area contributed by atoms with E-state index in [4.69, 9.17) is 4.84 Å². The molecule has 1 aromatic heterocycles. The zero-order chi connectivity index (χ0) is 29.7. The van der Waals surface area contributed by atoms with Crippen LogP contribution in [0.5, 0.6) is 5.75 Å². The molecule has 5 nitrogen and oxygen atoms in total. The second-order valence-electron chi connectivity index (χ2n) is 12.4. The minimum Gasteiger partial charge on any atom is -0.505 e. The SMILES string of the molecule is Cc1ccc(C2ON=C(c3cc(C(C)(C)C)cc(-n4c5ccccc5c5ccccc54)c3O)N2Cc2ccccc2)cc1. The third-order valence-electron chi connectivity index (χ3n) is 8.37. The maximum Gasteiger partial charge on any atom is 0.227 e. The fraction of sp³-hybridized carbons (Fsp3) is 0.184. The van der Waals surface area contributed by atoms with Crippen molar-refractivity contribution in [1.82, 2.24) is 9.47 Å². The van der Waals surface area contributed by atoms with Gasteiger partial charge in [0.25, 0.3) is 0 Å². The molecular formula is C38H35N3O2. The van der Waals surface area contributed by atoms with Crippen LogP contribution in [0.3, 0.4) is 0 Å². The highest BCUT2D eigenvalue weighted by molar-refractivity contribution is 6.10. The Kier molecular flexibility index (Phi) is 6.46. The summed E-state index contributed by atoms with van der Waals surface area (Å²) in [5, 5.41) is 19.2. The van der Waals surface area contributed by atoms with Gasteiger partial charge >= 0.3 is 0 Å². The smallest absolute Gasteiger partial charge is 0.227 e. The molecule has 2 heterocycles. The van der Waals surface area contributed by atoms with Crippen molar-refractivity contribution in [3.05, 3.63) is 143 Å². The maximum absolute atomic E-state index is 12.2. The van der Waals surface area contributed by atoms with E-state index in [0.717, 1.165) is 44.2 Å². The molecule has 5 heteroatoms. The fourth-order valence-electron chi connectivity index (χ4n) is 6.01. The highest BCUT2D eigenvalue weighted by Gasteiger charge is 2.35. The number of aromatic nitrogens is 1. The second-order valence-corrected chi connectivity index (χ2v) is 12.4. The summed E-state index contributed by atoms with van der Waals surface area (Å²) >= 11 is 0. The van der Waals surface area contributed by atoms with Crippen LogP contribution >= 0.6 is 0 Å². The molecule has 6 aromatic rings. The normalized spacial score (nSPS) is 15.2. The average Bonchev–Trinajstić information content (AvgIpc) is 3.57. The molecule has 0 aliphatic carbocycles. The van der Waals surface area contributed by atoms with Crippen molar-refractivity contribution in [3.8, 4) is 11.4 Å². The molecule has 0 bridgehead atoms. The van der Waals surface area contributed by atoms with Crippen molar-refractivity contribution in [2.24, 2.45) is 5.16 Å². The summed E-state index contributed by atoms with van der Waals surface area (Å²) in [5.74, 6) is 0.782. The maximum atomic E-state index is 12.2. The number of rotatable bonds is 5. The Morgan fingerprint density at radius 3 is 2.00 bits per heavy atom. The van der Waals surface area contributed by atoms with Crippen LogP contribution in [0.25, 0.3) is 27.5 Å². The van der Waals surface area contributed by atoms with Crippen molar-refractivity contribution in [2.75, 3.05) is 0 Å². The summed E-state index contributed by atoms with van der Waals surface area (Å²) in [5.41, 5.74) is 7.69. The lowest BCUT2D eigenvalue weighted by atomic mass is 9.85. The second kappa shape index (κ2) is 10.4. The first-order valence-corrected chi connectivity index (χ1v) is 14.8. The van der Waals surface area contributed by atoms with Gasteiger partial charge in [0, 0.05) is 22.9 Å². The quantitative estimate of drug-likeness (QED) is 0.227. The molecule has 0 saturated heterocycles. The fourth-order valence-corrected chi connectivity index (χ4v) is 6.01. The topological polar surface area (TPSA) is 50.0 Å². The lowest BCUT2D eigenvalue weighted by Crippen LogP contribution is -2.31. The molecule has 1 atom stereocenters. The molecule has 0 saturated carbocycles. The Hall–Kier alpha value is -5.03. The molecule has 0 radical (unpaired) electrons. The van der Waals surface area contributed by atoms with Crippen LogP contribution in [0, 0.1) is 6.92 Å². The van der Waals surface area contributed by atoms with Crippen LogP contribution in [0.15, 0.2) is 120 Å². The van der Waals surface area contributed by atoms with Crippen LogP contribution in [0.1, 0.15) is 54.8 Å². The van der Waals surface area contributed by atoms with E-state index in [0.29, 0.717) is 17.9 Å². The standard InChI is InChI=1S/C38H35N3O2/c1-25-18-20-27(21-19-25)37-40(24-26-12-6-5-7-13-26)36(39-43-37)31-22-28(38(2,3)4)23-34(35(31)42)41-32-16-10-8-14-29(32)30-15-9-11-17-33(30)41/h5-23,37,42H,24H2,1-4H3. The monoisotopic (exact) mass is 565 g/mol. The average molecular weight is 566 g/mol. The zero-order valence-corrected chi connectivity index (χ0v) is 25.0. The van der Waals surface area contributed by atoms with Crippen LogP contribution in [-0.2, 0) is 16.8 Å². The van der Waals surface area contributed by atoms with Gasteiger partial charge in [-0.05, 0) is 47.7 Å². The van der Waals surface area contributed by atoms with Crippen molar-refractivity contribution >= 4 is 27.6 Å². The first kappa shape index (κ1) is 26.8. The van der Waals surface area contributed by atoms with Gasteiger partial charge in [-0.2, -0.15) is 0 Å². The van der Waals surface area contributed by atoms with Gasteiger partial charge in [0.15, 0.2) is 11.6 Å². The molecule has 1 unspecified atom stereocenters. The first-order valence-electron chi connectivity index (χ1n) is 14.8. The summed E-state index contributed by atoms with van der Waals surface area (Å²) in [6, 6.07) is 39.6. The lowest BCUT2D eigenvalue weighted by Gasteiger charge is -2.28.